The number of fused-ring (bicyclic) bond motifs is 1. The zero-order valence-electron chi connectivity index (χ0n) is 16.0. The summed E-state index contributed by atoms with van der Waals surface area (Å²) < 4.78 is 1.32. The molecule has 0 radical (unpaired) electrons. The van der Waals surface area contributed by atoms with Crippen molar-refractivity contribution in [3.63, 3.8) is 0 Å². The summed E-state index contributed by atoms with van der Waals surface area (Å²) in [6.45, 7) is 3.35. The third-order valence-corrected chi connectivity index (χ3v) is 6.26. The first-order valence-corrected chi connectivity index (χ1v) is 10.4. The molecular formula is C21H21N3O4S. The summed E-state index contributed by atoms with van der Waals surface area (Å²) >= 11 is 1.12. The highest BCUT2D eigenvalue weighted by molar-refractivity contribution is 7.17. The van der Waals surface area contributed by atoms with Crippen LogP contribution in [0, 0.1) is 5.92 Å². The van der Waals surface area contributed by atoms with Gasteiger partial charge in [-0.25, -0.2) is 9.78 Å². The standard InChI is InChI=1S/C21H21N3O4S/c1-13-7-9-23(10-8-13)16(25)11-24-18(14-5-3-2-4-6-14)22-19-17(20(24)26)15(12-29-19)21(27)28/h2-6,12-13H,7-11H2,1H3,(H,27,28). The van der Waals surface area contributed by atoms with Crippen LogP contribution in [0.5, 0.6) is 0 Å². The number of thiophene rings is 1. The second-order valence-electron chi connectivity index (χ2n) is 7.39. The number of carbonyl (C=O) groups excluding carboxylic acids is 1. The molecule has 1 amide bonds. The largest absolute Gasteiger partial charge is 0.478 e. The van der Waals surface area contributed by atoms with Crippen LogP contribution in [0.1, 0.15) is 30.1 Å². The maximum absolute atomic E-state index is 13.3. The number of aromatic nitrogens is 2. The second-order valence-corrected chi connectivity index (χ2v) is 8.25. The number of hydrogen-bond donors (Lipinski definition) is 1. The molecule has 29 heavy (non-hydrogen) atoms. The van der Waals surface area contributed by atoms with Gasteiger partial charge in [0, 0.05) is 24.0 Å². The molecule has 0 atom stereocenters. The van der Waals surface area contributed by atoms with Crippen LogP contribution < -0.4 is 5.56 Å². The van der Waals surface area contributed by atoms with E-state index in [-0.39, 0.29) is 23.4 Å². The van der Waals surface area contributed by atoms with E-state index in [1.165, 1.54) is 9.95 Å². The van der Waals surface area contributed by atoms with Crippen LogP contribution in [0.3, 0.4) is 0 Å². The molecule has 4 rings (SSSR count). The molecule has 0 bridgehead atoms. The van der Waals surface area contributed by atoms with Crippen LogP contribution in [0.4, 0.5) is 0 Å². The predicted molar refractivity (Wildman–Crippen MR) is 111 cm³/mol. The van der Waals surface area contributed by atoms with Crippen molar-refractivity contribution < 1.29 is 14.7 Å². The number of nitrogens with zero attached hydrogens (tertiary/aromatic N) is 3. The average Bonchev–Trinajstić information content (AvgIpc) is 3.15. The molecule has 1 aromatic carbocycles. The van der Waals surface area contributed by atoms with Crippen molar-refractivity contribution in [3.8, 4) is 11.4 Å². The van der Waals surface area contributed by atoms with Crippen molar-refractivity contribution >= 4 is 33.4 Å². The van der Waals surface area contributed by atoms with E-state index >= 15 is 0 Å². The minimum absolute atomic E-state index is 0.0576. The van der Waals surface area contributed by atoms with Gasteiger partial charge < -0.3 is 10.0 Å². The van der Waals surface area contributed by atoms with Crippen molar-refractivity contribution in [2.45, 2.75) is 26.3 Å². The molecular weight excluding hydrogens is 390 g/mol. The summed E-state index contributed by atoms with van der Waals surface area (Å²) in [5.41, 5.74) is 0.137. The van der Waals surface area contributed by atoms with Gasteiger partial charge in [-0.05, 0) is 18.8 Å². The number of carboxylic acids is 1. The monoisotopic (exact) mass is 411 g/mol. The number of aromatic carboxylic acids is 1. The van der Waals surface area contributed by atoms with E-state index in [0.29, 0.717) is 35.2 Å². The Balaban J connectivity index is 1.82. The molecule has 1 aliphatic heterocycles. The van der Waals surface area contributed by atoms with E-state index in [1.54, 1.807) is 4.90 Å². The molecule has 3 aromatic rings. The maximum atomic E-state index is 13.3. The normalized spacial score (nSPS) is 15.0. The molecule has 1 fully saturated rings. The number of carbonyl (C=O) groups is 2. The number of rotatable bonds is 4. The first kappa shape index (κ1) is 19.3. The maximum Gasteiger partial charge on any atom is 0.337 e. The van der Waals surface area contributed by atoms with E-state index in [2.05, 4.69) is 11.9 Å². The van der Waals surface area contributed by atoms with Crippen molar-refractivity contribution in [2.24, 2.45) is 5.92 Å². The quantitative estimate of drug-likeness (QED) is 0.712. The smallest absolute Gasteiger partial charge is 0.337 e. The Labute approximate surface area is 171 Å². The zero-order chi connectivity index (χ0) is 20.5. The fourth-order valence-electron chi connectivity index (χ4n) is 3.63. The lowest BCUT2D eigenvalue weighted by Crippen LogP contribution is -2.41. The fourth-order valence-corrected chi connectivity index (χ4v) is 4.53. The van der Waals surface area contributed by atoms with Crippen LogP contribution in [-0.4, -0.2) is 44.5 Å². The Morgan fingerprint density at radius 1 is 1.21 bits per heavy atom. The van der Waals surface area contributed by atoms with Gasteiger partial charge in [0.1, 0.15) is 17.2 Å². The number of piperidine rings is 1. The Morgan fingerprint density at radius 3 is 2.55 bits per heavy atom. The number of benzene rings is 1. The van der Waals surface area contributed by atoms with Gasteiger partial charge in [0.2, 0.25) is 5.91 Å². The third kappa shape index (κ3) is 3.67. The van der Waals surface area contributed by atoms with Crippen molar-refractivity contribution in [2.75, 3.05) is 13.1 Å². The lowest BCUT2D eigenvalue weighted by molar-refractivity contribution is -0.133. The Hall–Kier alpha value is -3.00. The highest BCUT2D eigenvalue weighted by Crippen LogP contribution is 2.25. The van der Waals surface area contributed by atoms with E-state index in [4.69, 9.17) is 0 Å². The molecule has 150 valence electrons. The van der Waals surface area contributed by atoms with Crippen LogP contribution in [-0.2, 0) is 11.3 Å². The summed E-state index contributed by atoms with van der Waals surface area (Å²) in [5, 5.41) is 10.9. The van der Waals surface area contributed by atoms with E-state index in [9.17, 15) is 19.5 Å². The predicted octanol–water partition coefficient (Wildman–Crippen LogP) is 3.08. The van der Waals surface area contributed by atoms with Crippen LogP contribution in [0.25, 0.3) is 21.6 Å². The number of hydrogen-bond acceptors (Lipinski definition) is 5. The average molecular weight is 411 g/mol. The lowest BCUT2D eigenvalue weighted by Gasteiger charge is -2.30. The molecule has 0 aliphatic carbocycles. The van der Waals surface area contributed by atoms with Crippen LogP contribution >= 0.6 is 11.3 Å². The molecule has 8 heteroatoms. The van der Waals surface area contributed by atoms with Gasteiger partial charge in [-0.2, -0.15) is 0 Å². The summed E-state index contributed by atoms with van der Waals surface area (Å²) in [7, 11) is 0. The number of likely N-dealkylation sites (tertiary alicyclic amines) is 1. The molecule has 1 aliphatic rings. The Bertz CT molecular complexity index is 1130. The Kier molecular flexibility index (Phi) is 5.19. The van der Waals surface area contributed by atoms with E-state index in [1.807, 2.05) is 30.3 Å². The minimum Gasteiger partial charge on any atom is -0.478 e. The molecule has 1 saturated heterocycles. The molecule has 0 unspecified atom stereocenters. The van der Waals surface area contributed by atoms with Gasteiger partial charge in [-0.3, -0.25) is 14.2 Å². The summed E-state index contributed by atoms with van der Waals surface area (Å²) in [4.78, 5) is 44.5. The van der Waals surface area contributed by atoms with Gasteiger partial charge in [0.15, 0.2) is 0 Å². The summed E-state index contributed by atoms with van der Waals surface area (Å²) in [6.07, 6.45) is 1.88. The molecule has 0 saturated carbocycles. The summed E-state index contributed by atoms with van der Waals surface area (Å²) in [5.74, 6) is -0.362. The highest BCUT2D eigenvalue weighted by Gasteiger charge is 2.25. The number of amides is 1. The van der Waals surface area contributed by atoms with Gasteiger partial charge in [0.05, 0.1) is 10.9 Å². The molecule has 2 aromatic heterocycles. The minimum atomic E-state index is -1.18. The first-order valence-electron chi connectivity index (χ1n) is 9.54. The topological polar surface area (TPSA) is 92.5 Å². The third-order valence-electron chi connectivity index (χ3n) is 5.39. The second kappa shape index (κ2) is 7.79. The van der Waals surface area contributed by atoms with Gasteiger partial charge in [0.25, 0.3) is 5.56 Å². The highest BCUT2D eigenvalue weighted by atomic mass is 32.1. The molecule has 0 spiro atoms. The number of carboxylic acid groups (broad SMARTS) is 1. The van der Waals surface area contributed by atoms with E-state index in [0.717, 1.165) is 24.2 Å². The first-order chi connectivity index (χ1) is 14.0. The van der Waals surface area contributed by atoms with Gasteiger partial charge >= 0.3 is 5.97 Å². The van der Waals surface area contributed by atoms with Crippen molar-refractivity contribution in [1.82, 2.24) is 14.5 Å². The SMILES string of the molecule is CC1CCN(C(=O)Cn2c(-c3ccccc3)nc3scc(C(=O)O)c3c2=O)CC1. The van der Waals surface area contributed by atoms with E-state index < -0.39 is 11.5 Å². The molecule has 3 heterocycles. The summed E-state index contributed by atoms with van der Waals surface area (Å²) in [6, 6.07) is 9.17. The molecule has 7 nitrogen and oxygen atoms in total. The van der Waals surface area contributed by atoms with Crippen LogP contribution in [0.2, 0.25) is 0 Å². The van der Waals surface area contributed by atoms with Gasteiger partial charge in [-0.15, -0.1) is 11.3 Å². The van der Waals surface area contributed by atoms with Crippen LogP contribution in [0.15, 0.2) is 40.5 Å². The zero-order valence-corrected chi connectivity index (χ0v) is 16.8. The van der Waals surface area contributed by atoms with Gasteiger partial charge in [-0.1, -0.05) is 37.3 Å². The van der Waals surface area contributed by atoms with Crippen molar-refractivity contribution in [1.29, 1.82) is 0 Å². The van der Waals surface area contributed by atoms with Crippen molar-refractivity contribution in [3.05, 3.63) is 51.6 Å². The Morgan fingerprint density at radius 2 is 1.90 bits per heavy atom. The lowest BCUT2D eigenvalue weighted by atomic mass is 9.99. The molecule has 1 N–H and O–H groups in total. The fraction of sp³-hybridized carbons (Fsp3) is 0.333.